The van der Waals surface area contributed by atoms with Crippen LogP contribution in [0.3, 0.4) is 0 Å². The van der Waals surface area contributed by atoms with Gasteiger partial charge in [0.25, 0.3) is 15.6 Å². The molecule has 0 aliphatic carbocycles. The van der Waals surface area contributed by atoms with Crippen molar-refractivity contribution in [1.82, 2.24) is 30.2 Å². The molecule has 332 valence electrons. The molecule has 1 aliphatic rings. The molecule has 27 nitrogen and oxygen atoms in total. The predicted octanol–water partition coefficient (Wildman–Crippen LogP) is -4.98. The highest BCUT2D eigenvalue weighted by molar-refractivity contribution is 8.13. The standard InChI is InChI=1S/C28H44N7O20P3S/c1-28(2,23(42)26(43)31-7-6-17(37)30-8-9-59-19(40)10-15(36)4-3-5-18(38)39)12-52-58(49,50)55-57(47,48)51-11-16-22(54-56(44,45)46)21(41)27(53-16)35-14-34-20-24(29)32-13-33-25(20)35/h13-14,16,21-23,27,41-42H,3-12H2,1-2H3,(H,30,37)(H,31,43)(H,38,39)(H,47,48)(H,49,50)(H2,29,32,33)(H2,44,45,46)/p-5/t16-,21-,22-,23+,27-/m1/s1. The van der Waals surface area contributed by atoms with Gasteiger partial charge in [0.15, 0.2) is 22.8 Å². The number of aliphatic hydroxyl groups is 2. The second-order valence-electron chi connectivity index (χ2n) is 13.1. The van der Waals surface area contributed by atoms with Crippen LogP contribution in [0, 0.1) is 5.41 Å². The summed E-state index contributed by atoms with van der Waals surface area (Å²) in [5.41, 5.74) is 3.98. The van der Waals surface area contributed by atoms with Crippen molar-refractivity contribution in [1.29, 1.82) is 0 Å². The smallest absolute Gasteiger partial charge is 0.274 e. The van der Waals surface area contributed by atoms with Crippen LogP contribution in [0.5, 0.6) is 0 Å². The van der Waals surface area contributed by atoms with Crippen molar-refractivity contribution >= 4 is 80.9 Å². The molecule has 0 bridgehead atoms. The number of hydrogen-bond donors (Lipinski definition) is 5. The highest BCUT2D eigenvalue weighted by Crippen LogP contribution is 2.56. The van der Waals surface area contributed by atoms with Crippen molar-refractivity contribution in [3.05, 3.63) is 12.7 Å². The van der Waals surface area contributed by atoms with Gasteiger partial charge in [-0.3, -0.25) is 32.9 Å². The number of aliphatic hydroxyl groups excluding tert-OH is 2. The minimum atomic E-state index is -5.95. The molecule has 3 rings (SSSR count). The molecule has 6 N–H and O–H groups in total. The van der Waals surface area contributed by atoms with Crippen molar-refractivity contribution in [3.63, 3.8) is 0 Å². The lowest BCUT2D eigenvalue weighted by Crippen LogP contribution is -2.46. The fourth-order valence-electron chi connectivity index (χ4n) is 5.00. The van der Waals surface area contributed by atoms with Gasteiger partial charge in [-0.25, -0.2) is 19.3 Å². The zero-order chi connectivity index (χ0) is 44.3. The number of ether oxygens (including phenoxy) is 1. The van der Waals surface area contributed by atoms with Crippen LogP contribution in [0.1, 0.15) is 52.2 Å². The fraction of sp³-hybridized carbons (Fsp3) is 0.643. The highest BCUT2D eigenvalue weighted by Gasteiger charge is 2.47. The minimum Gasteiger partial charge on any atom is -0.790 e. The number of nitrogens with two attached hydrogens (primary N) is 1. The van der Waals surface area contributed by atoms with E-state index in [1.807, 2.05) is 0 Å². The Kier molecular flexibility index (Phi) is 18.2. The molecule has 2 aromatic rings. The first-order valence-electron chi connectivity index (χ1n) is 17.0. The number of carboxylic acid groups (broad SMARTS) is 1. The van der Waals surface area contributed by atoms with Crippen LogP contribution in [0.15, 0.2) is 12.7 Å². The maximum absolute atomic E-state index is 12.5. The fourth-order valence-corrected chi connectivity index (χ4v) is 8.43. The van der Waals surface area contributed by atoms with Gasteiger partial charge in [0.2, 0.25) is 11.8 Å². The van der Waals surface area contributed by atoms with Gasteiger partial charge in [0.05, 0.1) is 33.8 Å². The Morgan fingerprint density at radius 2 is 1.69 bits per heavy atom. The van der Waals surface area contributed by atoms with Crippen LogP contribution in [-0.4, -0.2) is 115 Å². The molecule has 1 fully saturated rings. The van der Waals surface area contributed by atoms with Gasteiger partial charge in [-0.2, -0.15) is 0 Å². The monoisotopic (exact) mass is 918 g/mol. The molecule has 1 saturated heterocycles. The Morgan fingerprint density at radius 3 is 2.36 bits per heavy atom. The molecule has 2 unspecified atom stereocenters. The topological polar surface area (TPSA) is 432 Å². The van der Waals surface area contributed by atoms with E-state index in [1.165, 1.54) is 0 Å². The average molecular weight is 919 g/mol. The lowest BCUT2D eigenvalue weighted by atomic mass is 9.87. The van der Waals surface area contributed by atoms with E-state index in [-0.39, 0.29) is 61.5 Å². The van der Waals surface area contributed by atoms with Crippen molar-refractivity contribution in [2.45, 2.75) is 76.6 Å². The number of amides is 2. The van der Waals surface area contributed by atoms with Crippen LogP contribution in [-0.2, 0) is 60.3 Å². The Hall–Kier alpha value is -3.30. The molecular formula is C28H39N7O20P3S-5. The molecule has 0 aromatic carbocycles. The third-order valence-corrected chi connectivity index (χ3v) is 11.8. The van der Waals surface area contributed by atoms with Crippen LogP contribution < -0.4 is 41.0 Å². The van der Waals surface area contributed by atoms with Crippen molar-refractivity contribution < 1.29 is 95.2 Å². The average Bonchev–Trinajstić information content (AvgIpc) is 3.67. The van der Waals surface area contributed by atoms with Gasteiger partial charge in [-0.05, 0) is 12.8 Å². The summed E-state index contributed by atoms with van der Waals surface area (Å²) in [4.78, 5) is 118. The van der Waals surface area contributed by atoms with E-state index in [1.54, 1.807) is 0 Å². The first-order chi connectivity index (χ1) is 27.3. The first-order valence-corrected chi connectivity index (χ1v) is 22.4. The lowest BCUT2D eigenvalue weighted by molar-refractivity contribution is -0.347. The SMILES string of the molecule is CC(C)(COP(=O)([O-])OP(=O)([O-])OC[C@H]1O[C@@H](n2cnc3c(N)ncnc32)[C@H](O)[C@@H]1OP(=O)([O-])[O-])[C@@H](O)C(=O)NCCC(=O)NCCSC(=O)CC(=O)CCCC(=O)[O-]. The van der Waals surface area contributed by atoms with Crippen LogP contribution in [0.2, 0.25) is 0 Å². The highest BCUT2D eigenvalue weighted by atomic mass is 32.2. The Bertz CT molecular complexity index is 1980. The normalized spacial score (nSPS) is 21.0. The van der Waals surface area contributed by atoms with Gasteiger partial charge >= 0.3 is 0 Å². The summed E-state index contributed by atoms with van der Waals surface area (Å²) >= 11 is 0.777. The van der Waals surface area contributed by atoms with E-state index >= 15 is 0 Å². The number of nitrogens with zero attached hydrogens (tertiary/aromatic N) is 4. The number of Topliss-reactive ketones (excluding diaryl/α,β-unsaturated/α-hetero) is 1. The number of hydrogen-bond acceptors (Lipinski definition) is 25. The van der Waals surface area contributed by atoms with Gasteiger partial charge in [0, 0.05) is 43.1 Å². The summed E-state index contributed by atoms with van der Waals surface area (Å²) in [6.07, 6.45) is -8.60. The van der Waals surface area contributed by atoms with Gasteiger partial charge in [-0.15, -0.1) is 0 Å². The molecule has 0 saturated carbocycles. The van der Waals surface area contributed by atoms with Gasteiger partial charge < -0.3 is 78.9 Å². The molecule has 3 heterocycles. The number of aromatic nitrogens is 4. The summed E-state index contributed by atoms with van der Waals surface area (Å²) in [5, 5.41) is 35.9. The number of aliphatic carboxylic acids is 1. The van der Waals surface area contributed by atoms with E-state index < -0.39 is 108 Å². The van der Waals surface area contributed by atoms with Crippen LogP contribution in [0.4, 0.5) is 5.82 Å². The number of nitrogen functional groups attached to an aromatic ring is 1. The lowest BCUT2D eigenvalue weighted by Gasteiger charge is -2.36. The maximum Gasteiger partial charge on any atom is 0.274 e. The quantitative estimate of drug-likeness (QED) is 0.0354. The number of carbonyl (C=O) groups excluding carboxylic acids is 5. The second-order valence-corrected chi connectivity index (χ2v) is 18.4. The van der Waals surface area contributed by atoms with E-state index in [0.29, 0.717) is 0 Å². The van der Waals surface area contributed by atoms with Gasteiger partial charge in [0.1, 0.15) is 42.0 Å². The second kappa shape index (κ2) is 21.5. The number of phosphoric acid groups is 3. The number of ketones is 1. The predicted molar refractivity (Wildman–Crippen MR) is 187 cm³/mol. The number of fused-ring (bicyclic) bond motifs is 1. The van der Waals surface area contributed by atoms with E-state index in [2.05, 4.69) is 43.5 Å². The molecule has 59 heavy (non-hydrogen) atoms. The number of phosphoric ester groups is 3. The Morgan fingerprint density at radius 1 is 1.02 bits per heavy atom. The number of carboxylic acids is 1. The van der Waals surface area contributed by atoms with Crippen molar-refractivity contribution in [2.24, 2.45) is 5.41 Å². The molecular weight excluding hydrogens is 879 g/mol. The maximum atomic E-state index is 12.5. The third-order valence-electron chi connectivity index (χ3n) is 7.92. The molecule has 1 aliphatic heterocycles. The number of imidazole rings is 1. The van der Waals surface area contributed by atoms with Crippen LogP contribution >= 0.6 is 35.2 Å². The summed E-state index contributed by atoms with van der Waals surface area (Å²) in [5.74, 6) is -3.37. The Labute approximate surface area is 338 Å². The zero-order valence-electron chi connectivity index (χ0n) is 31.0. The van der Waals surface area contributed by atoms with Crippen molar-refractivity contribution in [3.8, 4) is 0 Å². The molecule has 0 radical (unpaired) electrons. The number of carbonyl (C=O) groups is 5. The Balaban J connectivity index is 1.44. The van der Waals surface area contributed by atoms with E-state index in [0.717, 1.165) is 42.8 Å². The summed E-state index contributed by atoms with van der Waals surface area (Å²) in [7, 11) is -17.7. The van der Waals surface area contributed by atoms with Crippen LogP contribution in [0.25, 0.3) is 11.2 Å². The number of nitrogens with one attached hydrogen (secondary N) is 2. The van der Waals surface area contributed by atoms with E-state index in [9.17, 15) is 72.6 Å². The summed E-state index contributed by atoms with van der Waals surface area (Å²) < 4.78 is 60.4. The van der Waals surface area contributed by atoms with E-state index in [4.69, 9.17) is 10.5 Å². The summed E-state index contributed by atoms with van der Waals surface area (Å²) in [6, 6.07) is 0. The molecule has 2 amide bonds. The number of anilines is 1. The number of rotatable bonds is 25. The largest absolute Gasteiger partial charge is 0.790 e. The summed E-state index contributed by atoms with van der Waals surface area (Å²) in [6.45, 7) is -0.305. The molecule has 31 heteroatoms. The van der Waals surface area contributed by atoms with Crippen molar-refractivity contribution in [2.75, 3.05) is 37.8 Å². The molecule has 2 aromatic heterocycles. The zero-order valence-corrected chi connectivity index (χ0v) is 34.5. The molecule has 7 atom stereocenters. The first kappa shape index (κ1) is 50.1. The van der Waals surface area contributed by atoms with Gasteiger partial charge in [-0.1, -0.05) is 25.6 Å². The number of thioether (sulfide) groups is 1. The minimum absolute atomic E-state index is 0.0168. The third kappa shape index (κ3) is 16.2. The molecule has 0 spiro atoms.